The van der Waals surface area contributed by atoms with Gasteiger partial charge in [-0.25, -0.2) is 4.39 Å². The van der Waals surface area contributed by atoms with E-state index in [1.54, 1.807) is 40.9 Å². The fraction of sp³-hybridized carbons (Fsp3) is 0.250. The van der Waals surface area contributed by atoms with E-state index in [4.69, 9.17) is 0 Å². The van der Waals surface area contributed by atoms with E-state index in [9.17, 15) is 14.0 Å². The third-order valence-corrected chi connectivity index (χ3v) is 5.05. The van der Waals surface area contributed by atoms with Gasteiger partial charge in [-0.1, -0.05) is 18.2 Å². The summed E-state index contributed by atoms with van der Waals surface area (Å²) in [5.41, 5.74) is 3.25. The average Bonchev–Trinajstić information content (AvgIpc) is 3.21. The van der Waals surface area contributed by atoms with Crippen molar-refractivity contribution < 1.29 is 9.18 Å². The normalized spacial score (nSPS) is 13.5. The summed E-state index contributed by atoms with van der Waals surface area (Å²) >= 11 is 0. The summed E-state index contributed by atoms with van der Waals surface area (Å²) in [5.74, 6) is -0.423. The number of benzene rings is 1. The standard InChI is InChI=1S/C20H19FN4O2/c1-24-18-6-7-25(20(27)16-10-22-23-11-16)12-15(18)9-14(19(24)26)8-13-4-2-3-5-17(13)21/h2-5,9-11H,6-8,12H2,1H3,(H,22,23). The smallest absolute Gasteiger partial charge is 0.257 e. The first-order valence-electron chi connectivity index (χ1n) is 8.76. The Labute approximate surface area is 155 Å². The van der Waals surface area contributed by atoms with Crippen molar-refractivity contribution >= 4 is 5.91 Å². The van der Waals surface area contributed by atoms with Crippen molar-refractivity contribution in [1.82, 2.24) is 19.7 Å². The molecule has 27 heavy (non-hydrogen) atoms. The van der Waals surface area contributed by atoms with Crippen molar-refractivity contribution in [3.05, 3.63) is 86.8 Å². The Morgan fingerprint density at radius 2 is 2.11 bits per heavy atom. The van der Waals surface area contributed by atoms with Crippen LogP contribution in [0.3, 0.4) is 0 Å². The van der Waals surface area contributed by atoms with Crippen LogP contribution in [0.1, 0.15) is 32.7 Å². The van der Waals surface area contributed by atoms with Crippen LogP contribution in [0, 0.1) is 5.82 Å². The molecule has 0 spiro atoms. The first-order valence-corrected chi connectivity index (χ1v) is 8.76. The first-order chi connectivity index (χ1) is 13.0. The molecule has 3 aromatic rings. The van der Waals surface area contributed by atoms with E-state index in [0.29, 0.717) is 36.2 Å². The van der Waals surface area contributed by atoms with Crippen LogP contribution < -0.4 is 5.56 Å². The molecule has 1 amide bonds. The highest BCUT2D eigenvalue weighted by Gasteiger charge is 2.25. The van der Waals surface area contributed by atoms with E-state index in [1.165, 1.54) is 12.3 Å². The van der Waals surface area contributed by atoms with Crippen LogP contribution in [-0.4, -0.2) is 32.1 Å². The van der Waals surface area contributed by atoms with Gasteiger partial charge < -0.3 is 9.47 Å². The Bertz CT molecular complexity index is 1060. The number of hydrogen-bond donors (Lipinski definition) is 1. The number of nitrogens with one attached hydrogen (secondary N) is 1. The molecule has 1 aromatic carbocycles. The summed E-state index contributed by atoms with van der Waals surface area (Å²) in [6.07, 6.45) is 3.90. The molecule has 0 radical (unpaired) electrons. The van der Waals surface area contributed by atoms with Gasteiger partial charge in [-0.3, -0.25) is 14.7 Å². The lowest BCUT2D eigenvalue weighted by Crippen LogP contribution is -2.39. The second-order valence-corrected chi connectivity index (χ2v) is 6.74. The van der Waals surface area contributed by atoms with Crippen LogP contribution >= 0.6 is 0 Å². The molecule has 0 saturated heterocycles. The highest BCUT2D eigenvalue weighted by atomic mass is 19.1. The second kappa shape index (κ2) is 6.83. The molecule has 0 fully saturated rings. The van der Waals surface area contributed by atoms with Gasteiger partial charge in [0, 0.05) is 50.4 Å². The SMILES string of the molecule is Cn1c2c(cc(Cc3ccccc3F)c1=O)CN(C(=O)c1cn[nH]c1)CC2. The van der Waals surface area contributed by atoms with Crippen LogP contribution in [0.5, 0.6) is 0 Å². The van der Waals surface area contributed by atoms with Crippen molar-refractivity contribution in [2.24, 2.45) is 7.05 Å². The van der Waals surface area contributed by atoms with Crippen LogP contribution in [0.15, 0.2) is 47.5 Å². The molecule has 2 aromatic heterocycles. The number of aromatic amines is 1. The molecule has 1 aliphatic rings. The number of nitrogens with zero attached hydrogens (tertiary/aromatic N) is 3. The number of H-pyrrole nitrogens is 1. The van der Waals surface area contributed by atoms with Gasteiger partial charge in [-0.15, -0.1) is 0 Å². The van der Waals surface area contributed by atoms with Crippen LogP contribution in [0.25, 0.3) is 0 Å². The number of carbonyl (C=O) groups excluding carboxylic acids is 1. The fourth-order valence-electron chi connectivity index (χ4n) is 3.60. The van der Waals surface area contributed by atoms with Crippen LogP contribution in [-0.2, 0) is 26.4 Å². The van der Waals surface area contributed by atoms with E-state index >= 15 is 0 Å². The summed E-state index contributed by atoms with van der Waals surface area (Å²) in [5, 5.41) is 6.47. The molecular formula is C20H19FN4O2. The number of halogens is 1. The summed E-state index contributed by atoms with van der Waals surface area (Å²) in [4.78, 5) is 27.0. The molecule has 138 valence electrons. The fourth-order valence-corrected chi connectivity index (χ4v) is 3.60. The third kappa shape index (κ3) is 3.16. The molecule has 0 bridgehead atoms. The van der Waals surface area contributed by atoms with Gasteiger partial charge in [-0.2, -0.15) is 5.10 Å². The van der Waals surface area contributed by atoms with E-state index < -0.39 is 0 Å². The zero-order valence-corrected chi connectivity index (χ0v) is 14.9. The first kappa shape index (κ1) is 17.2. The third-order valence-electron chi connectivity index (χ3n) is 5.05. The largest absolute Gasteiger partial charge is 0.334 e. The minimum absolute atomic E-state index is 0.0982. The van der Waals surface area contributed by atoms with E-state index in [-0.39, 0.29) is 23.7 Å². The number of aromatic nitrogens is 3. The summed E-state index contributed by atoms with van der Waals surface area (Å²) in [6.45, 7) is 0.953. The van der Waals surface area contributed by atoms with Crippen molar-refractivity contribution in [3.8, 4) is 0 Å². The van der Waals surface area contributed by atoms with Crippen molar-refractivity contribution in [2.75, 3.05) is 6.54 Å². The molecule has 0 aliphatic carbocycles. The Kier molecular flexibility index (Phi) is 4.35. The molecule has 1 aliphatic heterocycles. The molecule has 0 saturated carbocycles. The lowest BCUT2D eigenvalue weighted by Gasteiger charge is -2.30. The minimum atomic E-state index is -0.325. The van der Waals surface area contributed by atoms with Gasteiger partial charge in [0.05, 0.1) is 11.8 Å². The topological polar surface area (TPSA) is 71.0 Å². The Balaban J connectivity index is 1.67. The quantitative estimate of drug-likeness (QED) is 0.771. The van der Waals surface area contributed by atoms with Gasteiger partial charge in [0.1, 0.15) is 5.82 Å². The predicted molar refractivity (Wildman–Crippen MR) is 97.9 cm³/mol. The van der Waals surface area contributed by atoms with Gasteiger partial charge in [0.25, 0.3) is 11.5 Å². The van der Waals surface area contributed by atoms with Gasteiger partial charge in [-0.05, 0) is 23.3 Å². The number of carbonyl (C=O) groups is 1. The number of rotatable bonds is 3. The van der Waals surface area contributed by atoms with Crippen LogP contribution in [0.2, 0.25) is 0 Å². The number of hydrogen-bond acceptors (Lipinski definition) is 3. The Morgan fingerprint density at radius 3 is 2.85 bits per heavy atom. The zero-order chi connectivity index (χ0) is 19.0. The molecule has 3 heterocycles. The van der Waals surface area contributed by atoms with Crippen molar-refractivity contribution in [2.45, 2.75) is 19.4 Å². The molecular weight excluding hydrogens is 347 g/mol. The lowest BCUT2D eigenvalue weighted by molar-refractivity contribution is 0.0732. The maximum atomic E-state index is 14.0. The number of pyridine rings is 1. The molecule has 0 unspecified atom stereocenters. The average molecular weight is 366 g/mol. The van der Waals surface area contributed by atoms with Gasteiger partial charge in [0.2, 0.25) is 0 Å². The minimum Gasteiger partial charge on any atom is -0.334 e. The molecule has 1 N–H and O–H groups in total. The maximum absolute atomic E-state index is 14.0. The monoisotopic (exact) mass is 366 g/mol. The number of amides is 1. The number of fused-ring (bicyclic) bond motifs is 1. The predicted octanol–water partition coefficient (Wildman–Crippen LogP) is 2.04. The second-order valence-electron chi connectivity index (χ2n) is 6.74. The van der Waals surface area contributed by atoms with Crippen LogP contribution in [0.4, 0.5) is 4.39 Å². The van der Waals surface area contributed by atoms with Crippen molar-refractivity contribution in [3.63, 3.8) is 0 Å². The Hall–Kier alpha value is -3.22. The lowest BCUT2D eigenvalue weighted by atomic mass is 9.99. The molecule has 0 atom stereocenters. The van der Waals surface area contributed by atoms with E-state index in [1.807, 2.05) is 6.07 Å². The summed E-state index contributed by atoms with van der Waals surface area (Å²) < 4.78 is 15.6. The highest BCUT2D eigenvalue weighted by Crippen LogP contribution is 2.21. The maximum Gasteiger partial charge on any atom is 0.257 e. The van der Waals surface area contributed by atoms with E-state index in [0.717, 1.165) is 11.3 Å². The van der Waals surface area contributed by atoms with Crippen molar-refractivity contribution in [1.29, 1.82) is 0 Å². The molecule has 7 heteroatoms. The van der Waals surface area contributed by atoms with Gasteiger partial charge >= 0.3 is 0 Å². The summed E-state index contributed by atoms with van der Waals surface area (Å²) in [6, 6.07) is 8.28. The highest BCUT2D eigenvalue weighted by molar-refractivity contribution is 5.93. The van der Waals surface area contributed by atoms with E-state index in [2.05, 4.69) is 10.2 Å². The Morgan fingerprint density at radius 1 is 1.30 bits per heavy atom. The zero-order valence-electron chi connectivity index (χ0n) is 14.9. The van der Waals surface area contributed by atoms with Gasteiger partial charge in [0.15, 0.2) is 0 Å². The summed E-state index contributed by atoms with van der Waals surface area (Å²) in [7, 11) is 1.74. The molecule has 6 nitrogen and oxygen atoms in total. The molecule has 4 rings (SSSR count).